The Morgan fingerprint density at radius 2 is 1.95 bits per heavy atom. The highest BCUT2D eigenvalue weighted by Gasteiger charge is 2.10. The average Bonchev–Trinajstić information content (AvgIpc) is 2.77. The van der Waals surface area contributed by atoms with Crippen LogP contribution in [0.25, 0.3) is 11.3 Å². The van der Waals surface area contributed by atoms with E-state index in [4.69, 9.17) is 10.5 Å². The number of anilines is 1. The van der Waals surface area contributed by atoms with Crippen LogP contribution in [0.5, 0.6) is 5.75 Å². The largest absolute Gasteiger partial charge is 0.497 e. The summed E-state index contributed by atoms with van der Waals surface area (Å²) in [5, 5.41) is 4.33. The molecule has 0 bridgehead atoms. The Morgan fingerprint density at radius 3 is 2.50 bits per heavy atom. The molecule has 2 N–H and O–H groups in total. The fourth-order valence-corrected chi connectivity index (χ4v) is 2.30. The van der Waals surface area contributed by atoms with E-state index >= 15 is 0 Å². The van der Waals surface area contributed by atoms with Crippen molar-refractivity contribution in [2.24, 2.45) is 0 Å². The molecular formula is C13H17N3O3S. The van der Waals surface area contributed by atoms with Gasteiger partial charge in [-0.25, -0.2) is 8.42 Å². The van der Waals surface area contributed by atoms with Crippen LogP contribution in [0.2, 0.25) is 0 Å². The second-order valence-corrected chi connectivity index (χ2v) is 6.81. The summed E-state index contributed by atoms with van der Waals surface area (Å²) in [4.78, 5) is 0. The summed E-state index contributed by atoms with van der Waals surface area (Å²) in [5.74, 6) is 0.791. The predicted octanol–water partition coefficient (Wildman–Crippen LogP) is 1.19. The molecule has 0 fully saturated rings. The highest BCUT2D eigenvalue weighted by Crippen LogP contribution is 2.25. The number of hydrogen-bond donors (Lipinski definition) is 1. The highest BCUT2D eigenvalue weighted by molar-refractivity contribution is 7.90. The number of aromatic nitrogens is 2. The summed E-state index contributed by atoms with van der Waals surface area (Å²) in [6, 6.07) is 7.37. The van der Waals surface area contributed by atoms with Crippen molar-refractivity contribution in [3.8, 4) is 17.0 Å². The number of nitrogens with two attached hydrogens (primary N) is 1. The molecule has 0 aliphatic rings. The summed E-state index contributed by atoms with van der Waals surface area (Å²) in [6.45, 7) is 0.291. The molecule has 1 heterocycles. The fraction of sp³-hybridized carbons (Fsp3) is 0.308. The van der Waals surface area contributed by atoms with Gasteiger partial charge in [0.05, 0.1) is 25.1 Å². The summed E-state index contributed by atoms with van der Waals surface area (Å²) < 4.78 is 28.9. The van der Waals surface area contributed by atoms with Gasteiger partial charge in [-0.1, -0.05) is 0 Å². The van der Waals surface area contributed by atoms with E-state index in [1.165, 1.54) is 6.26 Å². The normalized spacial score (nSPS) is 11.5. The van der Waals surface area contributed by atoms with Gasteiger partial charge in [0, 0.05) is 18.0 Å². The molecule has 2 aromatic rings. The average molecular weight is 295 g/mol. The van der Waals surface area contributed by atoms with E-state index in [9.17, 15) is 8.42 Å². The molecule has 0 saturated heterocycles. The molecule has 2 rings (SSSR count). The molecule has 0 atom stereocenters. The lowest BCUT2D eigenvalue weighted by molar-refractivity contribution is 0.415. The zero-order valence-electron chi connectivity index (χ0n) is 11.4. The van der Waals surface area contributed by atoms with Crippen molar-refractivity contribution in [3.63, 3.8) is 0 Å². The van der Waals surface area contributed by atoms with Gasteiger partial charge in [0.25, 0.3) is 0 Å². The van der Waals surface area contributed by atoms with Crippen LogP contribution in [-0.4, -0.2) is 37.3 Å². The lowest BCUT2D eigenvalue weighted by atomic mass is 10.1. The van der Waals surface area contributed by atoms with Crippen LogP contribution < -0.4 is 10.5 Å². The van der Waals surface area contributed by atoms with Gasteiger partial charge in [-0.05, 0) is 24.3 Å². The van der Waals surface area contributed by atoms with E-state index in [0.717, 1.165) is 11.3 Å². The Hall–Kier alpha value is -2.02. The Morgan fingerprint density at radius 1 is 1.30 bits per heavy atom. The molecule has 6 nitrogen and oxygen atoms in total. The Kier molecular flexibility index (Phi) is 3.99. The Labute approximate surface area is 118 Å². The monoisotopic (exact) mass is 295 g/mol. The van der Waals surface area contributed by atoms with Crippen LogP contribution in [0, 0.1) is 0 Å². The smallest absolute Gasteiger partial charge is 0.149 e. The number of methoxy groups -OCH3 is 1. The zero-order chi connectivity index (χ0) is 14.8. The third-order valence-corrected chi connectivity index (χ3v) is 3.77. The first-order valence-electron chi connectivity index (χ1n) is 6.04. The van der Waals surface area contributed by atoms with Crippen molar-refractivity contribution < 1.29 is 13.2 Å². The van der Waals surface area contributed by atoms with Crippen molar-refractivity contribution >= 4 is 15.5 Å². The molecular weight excluding hydrogens is 278 g/mol. The van der Waals surface area contributed by atoms with Crippen LogP contribution in [0.4, 0.5) is 5.69 Å². The van der Waals surface area contributed by atoms with Crippen molar-refractivity contribution in [3.05, 3.63) is 30.5 Å². The Bertz CT molecular complexity index is 690. The number of hydrogen-bond acceptors (Lipinski definition) is 5. The number of aryl methyl sites for hydroxylation is 1. The first-order valence-corrected chi connectivity index (χ1v) is 8.10. The molecule has 0 amide bonds. The van der Waals surface area contributed by atoms with Gasteiger partial charge in [0.1, 0.15) is 21.3 Å². The van der Waals surface area contributed by atoms with Crippen LogP contribution in [0.3, 0.4) is 0 Å². The van der Waals surface area contributed by atoms with E-state index in [2.05, 4.69) is 5.10 Å². The van der Waals surface area contributed by atoms with Crippen molar-refractivity contribution in [2.45, 2.75) is 6.54 Å². The maximum Gasteiger partial charge on any atom is 0.149 e. The topological polar surface area (TPSA) is 87.2 Å². The lowest BCUT2D eigenvalue weighted by Gasteiger charge is -2.02. The number of benzene rings is 1. The van der Waals surface area contributed by atoms with Gasteiger partial charge in [-0.2, -0.15) is 5.10 Å². The lowest BCUT2D eigenvalue weighted by Crippen LogP contribution is -2.11. The third-order valence-electron chi connectivity index (χ3n) is 2.84. The van der Waals surface area contributed by atoms with Gasteiger partial charge in [0.2, 0.25) is 0 Å². The zero-order valence-corrected chi connectivity index (χ0v) is 12.2. The van der Waals surface area contributed by atoms with Crippen molar-refractivity contribution in [1.82, 2.24) is 9.78 Å². The van der Waals surface area contributed by atoms with E-state index in [1.54, 1.807) is 18.0 Å². The molecule has 0 spiro atoms. The number of rotatable bonds is 5. The SMILES string of the molecule is COc1ccc(-c2nn(CCS(C)(=O)=O)cc2N)cc1. The van der Waals surface area contributed by atoms with E-state index < -0.39 is 9.84 Å². The molecule has 108 valence electrons. The molecule has 0 aliphatic heterocycles. The number of nitrogens with zero attached hydrogens (tertiary/aromatic N) is 2. The molecule has 1 aromatic carbocycles. The number of ether oxygens (including phenoxy) is 1. The van der Waals surface area contributed by atoms with Gasteiger partial charge in [-0.3, -0.25) is 4.68 Å². The molecule has 0 saturated carbocycles. The minimum Gasteiger partial charge on any atom is -0.497 e. The second-order valence-electron chi connectivity index (χ2n) is 4.55. The summed E-state index contributed by atoms with van der Waals surface area (Å²) in [7, 11) is -1.42. The highest BCUT2D eigenvalue weighted by atomic mass is 32.2. The van der Waals surface area contributed by atoms with E-state index in [1.807, 2.05) is 24.3 Å². The second kappa shape index (κ2) is 5.54. The first kappa shape index (κ1) is 14.4. The molecule has 0 aliphatic carbocycles. The van der Waals surface area contributed by atoms with Crippen molar-refractivity contribution in [2.75, 3.05) is 24.9 Å². The van der Waals surface area contributed by atoms with Gasteiger partial charge in [0.15, 0.2) is 0 Å². The van der Waals surface area contributed by atoms with Crippen LogP contribution in [0.1, 0.15) is 0 Å². The maximum absolute atomic E-state index is 11.2. The fourth-order valence-electron chi connectivity index (χ4n) is 1.78. The van der Waals surface area contributed by atoms with E-state index in [0.29, 0.717) is 17.9 Å². The molecule has 0 unspecified atom stereocenters. The minimum absolute atomic E-state index is 0.0379. The quantitative estimate of drug-likeness (QED) is 0.895. The van der Waals surface area contributed by atoms with E-state index in [-0.39, 0.29) is 5.75 Å². The first-order chi connectivity index (χ1) is 9.39. The summed E-state index contributed by atoms with van der Waals surface area (Å²) >= 11 is 0. The van der Waals surface area contributed by atoms with Crippen LogP contribution in [-0.2, 0) is 16.4 Å². The molecule has 1 aromatic heterocycles. The van der Waals surface area contributed by atoms with Gasteiger partial charge < -0.3 is 10.5 Å². The standard InChI is InChI=1S/C13H17N3O3S/c1-19-11-5-3-10(4-6-11)13-12(14)9-16(15-13)7-8-20(2,17)18/h3-6,9H,7-8,14H2,1-2H3. The van der Waals surface area contributed by atoms with Crippen LogP contribution in [0.15, 0.2) is 30.5 Å². The molecule has 0 radical (unpaired) electrons. The number of sulfone groups is 1. The van der Waals surface area contributed by atoms with Crippen LogP contribution >= 0.6 is 0 Å². The maximum atomic E-state index is 11.2. The minimum atomic E-state index is -3.02. The molecule has 7 heteroatoms. The Balaban J connectivity index is 2.22. The molecule has 20 heavy (non-hydrogen) atoms. The van der Waals surface area contributed by atoms with Gasteiger partial charge in [-0.15, -0.1) is 0 Å². The summed E-state index contributed by atoms with van der Waals surface area (Å²) in [6.07, 6.45) is 2.84. The van der Waals surface area contributed by atoms with Gasteiger partial charge >= 0.3 is 0 Å². The third kappa shape index (κ3) is 3.51. The number of nitrogen functional groups attached to an aromatic ring is 1. The van der Waals surface area contributed by atoms with Crippen molar-refractivity contribution in [1.29, 1.82) is 0 Å². The predicted molar refractivity (Wildman–Crippen MR) is 78.3 cm³/mol. The summed E-state index contributed by atoms with van der Waals surface area (Å²) in [5.41, 5.74) is 7.94.